The summed E-state index contributed by atoms with van der Waals surface area (Å²) < 4.78 is 25.8. The van der Waals surface area contributed by atoms with Crippen molar-refractivity contribution >= 4 is 27.5 Å². The van der Waals surface area contributed by atoms with Crippen molar-refractivity contribution in [1.82, 2.24) is 19.4 Å². The molecule has 0 saturated carbocycles. The van der Waals surface area contributed by atoms with Crippen molar-refractivity contribution in [3.05, 3.63) is 16.4 Å². The van der Waals surface area contributed by atoms with E-state index in [-0.39, 0.29) is 16.8 Å². The van der Waals surface area contributed by atoms with Gasteiger partial charge in [-0.05, 0) is 20.3 Å². The summed E-state index contributed by atoms with van der Waals surface area (Å²) in [5.41, 5.74) is 0.916. The maximum Gasteiger partial charge on any atom is 0.256 e. The van der Waals surface area contributed by atoms with E-state index in [0.717, 1.165) is 0 Å². The molecule has 0 aliphatic heterocycles. The van der Waals surface area contributed by atoms with Crippen molar-refractivity contribution in [2.75, 3.05) is 25.9 Å². The second-order valence-electron chi connectivity index (χ2n) is 4.71. The average molecular weight is 337 g/mol. The Kier molecular flexibility index (Phi) is 6.18. The van der Waals surface area contributed by atoms with Gasteiger partial charge in [-0.15, -0.1) is 0 Å². The highest BCUT2D eigenvalue weighted by Crippen LogP contribution is 2.18. The number of hydrogen-bond acceptors (Lipinski definition) is 4. The van der Waals surface area contributed by atoms with E-state index in [0.29, 0.717) is 30.8 Å². The predicted molar refractivity (Wildman–Crippen MR) is 82.0 cm³/mol. The van der Waals surface area contributed by atoms with Crippen LogP contribution in [-0.2, 0) is 17.1 Å². The Hall–Kier alpha value is -1.12. The van der Waals surface area contributed by atoms with Gasteiger partial charge in [0.05, 0.1) is 17.0 Å². The number of nitrogens with zero attached hydrogens (tertiary/aromatic N) is 3. The lowest BCUT2D eigenvalue weighted by atomic mass is 10.2. The minimum Gasteiger partial charge on any atom is -0.352 e. The molecule has 0 unspecified atom stereocenters. The maximum atomic E-state index is 12.0. The van der Waals surface area contributed by atoms with E-state index in [9.17, 15) is 13.2 Å². The van der Waals surface area contributed by atoms with Gasteiger partial charge in [0.1, 0.15) is 5.15 Å². The van der Waals surface area contributed by atoms with E-state index in [2.05, 4.69) is 10.4 Å². The number of carbonyl (C=O) groups is 1. The number of sulfonamides is 1. The van der Waals surface area contributed by atoms with Gasteiger partial charge < -0.3 is 5.32 Å². The molecule has 1 aromatic rings. The standard InChI is InChI=1S/C12H21ClN4O3S/c1-5-21(19,20)16(3)8-6-7-14-12(18)10-9(2)15-17(4)11(10)13/h5-8H2,1-4H3,(H,14,18). The van der Waals surface area contributed by atoms with E-state index in [1.165, 1.54) is 16.0 Å². The van der Waals surface area contributed by atoms with Crippen LogP contribution in [-0.4, -0.2) is 54.3 Å². The highest BCUT2D eigenvalue weighted by Gasteiger charge is 2.19. The van der Waals surface area contributed by atoms with Crippen molar-refractivity contribution in [1.29, 1.82) is 0 Å². The van der Waals surface area contributed by atoms with Gasteiger partial charge in [0.15, 0.2) is 0 Å². The van der Waals surface area contributed by atoms with Gasteiger partial charge in [0.25, 0.3) is 5.91 Å². The Morgan fingerprint density at radius 1 is 1.48 bits per heavy atom. The number of rotatable bonds is 7. The van der Waals surface area contributed by atoms with Gasteiger partial charge >= 0.3 is 0 Å². The molecule has 1 N–H and O–H groups in total. The molecule has 7 nitrogen and oxygen atoms in total. The summed E-state index contributed by atoms with van der Waals surface area (Å²) in [5, 5.41) is 7.08. The second-order valence-corrected chi connectivity index (χ2v) is 7.43. The molecular formula is C12H21ClN4O3S. The lowest BCUT2D eigenvalue weighted by Crippen LogP contribution is -2.32. The number of nitrogens with one attached hydrogen (secondary N) is 1. The van der Waals surface area contributed by atoms with Crippen molar-refractivity contribution in [3.63, 3.8) is 0 Å². The Morgan fingerprint density at radius 3 is 2.57 bits per heavy atom. The lowest BCUT2D eigenvalue weighted by molar-refractivity contribution is 0.0952. The smallest absolute Gasteiger partial charge is 0.256 e. The largest absolute Gasteiger partial charge is 0.352 e. The van der Waals surface area contributed by atoms with Crippen molar-refractivity contribution < 1.29 is 13.2 Å². The third-order valence-corrected chi connectivity index (χ3v) is 5.45. The molecule has 1 rings (SSSR count). The zero-order valence-electron chi connectivity index (χ0n) is 12.7. The first-order valence-electron chi connectivity index (χ1n) is 6.62. The molecule has 0 fully saturated rings. The summed E-state index contributed by atoms with van der Waals surface area (Å²) in [6, 6.07) is 0. The normalized spacial score (nSPS) is 11.9. The molecule has 21 heavy (non-hydrogen) atoms. The monoisotopic (exact) mass is 336 g/mol. The van der Waals surface area contributed by atoms with E-state index in [4.69, 9.17) is 11.6 Å². The average Bonchev–Trinajstić information content (AvgIpc) is 2.67. The summed E-state index contributed by atoms with van der Waals surface area (Å²) in [7, 11) is 0.0189. The number of carbonyl (C=O) groups excluding carboxylic acids is 1. The molecule has 9 heteroatoms. The van der Waals surface area contributed by atoms with E-state index in [1.807, 2.05) is 0 Å². The van der Waals surface area contributed by atoms with Crippen molar-refractivity contribution in [3.8, 4) is 0 Å². The van der Waals surface area contributed by atoms with Gasteiger partial charge in [-0.2, -0.15) is 5.10 Å². The quantitative estimate of drug-likeness (QED) is 0.746. The molecule has 0 spiro atoms. The van der Waals surface area contributed by atoms with Crippen LogP contribution in [0.1, 0.15) is 29.4 Å². The second kappa shape index (κ2) is 7.24. The van der Waals surface area contributed by atoms with Crippen molar-refractivity contribution in [2.24, 2.45) is 7.05 Å². The minimum absolute atomic E-state index is 0.0698. The number of aryl methyl sites for hydroxylation is 2. The molecule has 0 bridgehead atoms. The number of amides is 1. The molecule has 0 atom stereocenters. The Bertz CT molecular complexity index is 612. The van der Waals surface area contributed by atoms with Crippen LogP contribution >= 0.6 is 11.6 Å². The minimum atomic E-state index is -3.17. The van der Waals surface area contributed by atoms with E-state index in [1.54, 1.807) is 20.9 Å². The Morgan fingerprint density at radius 2 is 2.10 bits per heavy atom. The van der Waals surface area contributed by atoms with E-state index >= 15 is 0 Å². The molecule has 1 amide bonds. The molecule has 1 aromatic heterocycles. The van der Waals surface area contributed by atoms with Crippen LogP contribution in [0, 0.1) is 6.92 Å². The van der Waals surface area contributed by atoms with Crippen LogP contribution in [0.2, 0.25) is 5.15 Å². The fourth-order valence-electron chi connectivity index (χ4n) is 1.84. The van der Waals surface area contributed by atoms with E-state index < -0.39 is 10.0 Å². The fraction of sp³-hybridized carbons (Fsp3) is 0.667. The summed E-state index contributed by atoms with van der Waals surface area (Å²) >= 11 is 6.00. The summed E-state index contributed by atoms with van der Waals surface area (Å²) in [6.07, 6.45) is 0.526. The first-order chi connectivity index (χ1) is 9.70. The molecule has 0 aliphatic carbocycles. The fourth-order valence-corrected chi connectivity index (χ4v) is 2.95. The lowest BCUT2D eigenvalue weighted by Gasteiger charge is -2.15. The van der Waals surface area contributed by atoms with Crippen LogP contribution < -0.4 is 5.32 Å². The first-order valence-corrected chi connectivity index (χ1v) is 8.60. The van der Waals surface area contributed by atoms with Crippen LogP contribution in [0.25, 0.3) is 0 Å². The Labute approximate surface area is 130 Å². The molecule has 0 aliphatic rings. The third-order valence-electron chi connectivity index (χ3n) is 3.15. The van der Waals surface area contributed by atoms with Crippen LogP contribution in [0.5, 0.6) is 0 Å². The molecule has 0 aromatic carbocycles. The van der Waals surface area contributed by atoms with Gasteiger partial charge in [0, 0.05) is 27.2 Å². The number of hydrogen-bond donors (Lipinski definition) is 1. The third kappa shape index (κ3) is 4.42. The number of aromatic nitrogens is 2. The summed E-state index contributed by atoms with van der Waals surface area (Å²) in [5.74, 6) is -0.230. The zero-order valence-corrected chi connectivity index (χ0v) is 14.3. The SMILES string of the molecule is CCS(=O)(=O)N(C)CCCNC(=O)c1c(C)nn(C)c1Cl. The van der Waals surface area contributed by atoms with Crippen molar-refractivity contribution in [2.45, 2.75) is 20.3 Å². The molecule has 1 heterocycles. The van der Waals surface area contributed by atoms with Crippen LogP contribution in [0.4, 0.5) is 0 Å². The first kappa shape index (κ1) is 17.9. The highest BCUT2D eigenvalue weighted by molar-refractivity contribution is 7.89. The molecular weight excluding hydrogens is 316 g/mol. The number of halogens is 1. The van der Waals surface area contributed by atoms with Gasteiger partial charge in [-0.25, -0.2) is 12.7 Å². The topological polar surface area (TPSA) is 84.3 Å². The zero-order chi connectivity index (χ0) is 16.2. The molecule has 0 radical (unpaired) electrons. The highest BCUT2D eigenvalue weighted by atomic mass is 35.5. The van der Waals surface area contributed by atoms with Crippen LogP contribution in [0.3, 0.4) is 0 Å². The molecule has 120 valence electrons. The van der Waals surface area contributed by atoms with Gasteiger partial charge in [-0.1, -0.05) is 11.6 Å². The van der Waals surface area contributed by atoms with Crippen LogP contribution in [0.15, 0.2) is 0 Å². The predicted octanol–water partition coefficient (Wildman–Crippen LogP) is 0.783. The Balaban J connectivity index is 2.48. The maximum absolute atomic E-state index is 12.0. The van der Waals surface area contributed by atoms with Gasteiger partial charge in [0.2, 0.25) is 10.0 Å². The van der Waals surface area contributed by atoms with Gasteiger partial charge in [-0.3, -0.25) is 9.48 Å². The molecule has 0 saturated heterocycles. The summed E-state index contributed by atoms with van der Waals surface area (Å²) in [6.45, 7) is 4.03. The summed E-state index contributed by atoms with van der Waals surface area (Å²) in [4.78, 5) is 12.0.